The van der Waals surface area contributed by atoms with Crippen molar-refractivity contribution in [2.75, 3.05) is 13.7 Å². The van der Waals surface area contributed by atoms with Crippen molar-refractivity contribution in [2.45, 2.75) is 0 Å². The van der Waals surface area contributed by atoms with E-state index in [0.29, 0.717) is 31.4 Å². The Labute approximate surface area is 181 Å². The summed E-state index contributed by atoms with van der Waals surface area (Å²) in [5.74, 6) is -0.153. The van der Waals surface area contributed by atoms with Crippen molar-refractivity contribution >= 4 is 45.6 Å². The third kappa shape index (κ3) is 4.20. The molecule has 0 saturated heterocycles. The highest BCUT2D eigenvalue weighted by Crippen LogP contribution is 2.27. The van der Waals surface area contributed by atoms with Crippen molar-refractivity contribution in [1.82, 2.24) is 4.98 Å². The van der Waals surface area contributed by atoms with Crippen LogP contribution in [0.25, 0.3) is 22.2 Å². The first kappa shape index (κ1) is 20.1. The van der Waals surface area contributed by atoms with E-state index in [9.17, 15) is 9.59 Å². The van der Waals surface area contributed by atoms with E-state index >= 15 is 0 Å². The average molecular weight is 438 g/mol. The molecule has 0 aliphatic carbocycles. The van der Waals surface area contributed by atoms with E-state index in [1.54, 1.807) is 31.4 Å². The molecule has 0 atom stereocenters. The highest BCUT2D eigenvalue weighted by molar-refractivity contribution is 7.18. The monoisotopic (exact) mass is 437 g/mol. The second kappa shape index (κ2) is 8.65. The number of thiophene rings is 1. The fraction of sp³-hybridized carbons (Fsp3) is 0.0870. The minimum Gasteiger partial charge on any atom is -0.497 e. The van der Waals surface area contributed by atoms with Crippen LogP contribution in [0.4, 0.5) is 0 Å². The van der Waals surface area contributed by atoms with Crippen LogP contribution >= 0.6 is 22.9 Å². The number of halogens is 1. The summed E-state index contributed by atoms with van der Waals surface area (Å²) in [4.78, 5) is 30.2. The minimum absolute atomic E-state index is 0.297. The summed E-state index contributed by atoms with van der Waals surface area (Å²) >= 11 is 7.02. The van der Waals surface area contributed by atoms with E-state index in [2.05, 4.69) is 4.98 Å². The number of fused-ring (bicyclic) bond motifs is 1. The number of para-hydroxylation sites is 1. The predicted octanol–water partition coefficient (Wildman–Crippen LogP) is 5.67. The Morgan fingerprint density at radius 2 is 1.80 bits per heavy atom. The van der Waals surface area contributed by atoms with E-state index in [1.807, 2.05) is 42.5 Å². The number of hydrogen-bond donors (Lipinski definition) is 0. The Morgan fingerprint density at radius 3 is 2.50 bits per heavy atom. The zero-order valence-corrected chi connectivity index (χ0v) is 17.5. The fourth-order valence-electron chi connectivity index (χ4n) is 3.00. The number of carbonyl (C=O) groups is 2. The minimum atomic E-state index is -0.584. The molecule has 0 fully saturated rings. The van der Waals surface area contributed by atoms with Gasteiger partial charge in [0.05, 0.1) is 33.1 Å². The third-order valence-corrected chi connectivity index (χ3v) is 5.78. The smallest absolute Gasteiger partial charge is 0.339 e. The molecule has 0 aliphatic rings. The van der Waals surface area contributed by atoms with E-state index in [1.165, 1.54) is 0 Å². The number of aromatic nitrogens is 1. The standard InChI is InChI=1S/C23H16ClNO4S/c1-28-15-8-6-14(7-9-15)19-12-17(16-4-2-3-5-18(16)25-19)23(27)29-13-20(26)21-10-11-22(24)30-21/h2-12H,13H2,1H3. The number of Topliss-reactive ketones (excluding diaryl/α,β-unsaturated/α-hetero) is 1. The lowest BCUT2D eigenvalue weighted by Gasteiger charge is -2.10. The molecule has 0 saturated carbocycles. The quantitative estimate of drug-likeness (QED) is 0.287. The number of ketones is 1. The molecule has 2 heterocycles. The molecule has 0 unspecified atom stereocenters. The number of rotatable bonds is 6. The number of esters is 1. The van der Waals surface area contributed by atoms with Gasteiger partial charge in [-0.05, 0) is 48.5 Å². The molecule has 0 spiro atoms. The number of nitrogens with zero attached hydrogens (tertiary/aromatic N) is 1. The molecule has 0 radical (unpaired) electrons. The number of benzene rings is 2. The summed E-state index contributed by atoms with van der Waals surface area (Å²) in [6.45, 7) is -0.357. The first-order chi connectivity index (χ1) is 14.5. The molecule has 0 aliphatic heterocycles. The van der Waals surface area contributed by atoms with Crippen LogP contribution in [0, 0.1) is 0 Å². The lowest BCUT2D eigenvalue weighted by Crippen LogP contribution is -2.14. The summed E-state index contributed by atoms with van der Waals surface area (Å²) in [5, 5.41) is 0.659. The highest BCUT2D eigenvalue weighted by Gasteiger charge is 2.18. The lowest BCUT2D eigenvalue weighted by atomic mass is 10.0. The number of pyridine rings is 1. The van der Waals surface area contributed by atoms with Gasteiger partial charge in [0.25, 0.3) is 0 Å². The molecule has 5 nitrogen and oxygen atoms in total. The second-order valence-electron chi connectivity index (χ2n) is 6.40. The summed E-state index contributed by atoms with van der Waals surface area (Å²) in [7, 11) is 1.60. The van der Waals surface area contributed by atoms with Crippen LogP contribution < -0.4 is 4.74 Å². The van der Waals surface area contributed by atoms with Crippen molar-refractivity contribution in [3.63, 3.8) is 0 Å². The molecule has 2 aromatic carbocycles. The molecule has 4 aromatic rings. The molecular weight excluding hydrogens is 422 g/mol. The summed E-state index contributed by atoms with van der Waals surface area (Å²) in [6.07, 6.45) is 0. The SMILES string of the molecule is COc1ccc(-c2cc(C(=O)OCC(=O)c3ccc(Cl)s3)c3ccccc3n2)cc1. The molecule has 4 rings (SSSR count). The summed E-state index contributed by atoms with van der Waals surface area (Å²) in [5.41, 5.74) is 2.47. The van der Waals surface area contributed by atoms with E-state index in [0.717, 1.165) is 22.6 Å². The van der Waals surface area contributed by atoms with Crippen molar-refractivity contribution in [2.24, 2.45) is 0 Å². The van der Waals surface area contributed by atoms with Crippen molar-refractivity contribution in [1.29, 1.82) is 0 Å². The van der Waals surface area contributed by atoms with E-state index in [-0.39, 0.29) is 12.4 Å². The average Bonchev–Trinajstić information content (AvgIpc) is 3.23. The van der Waals surface area contributed by atoms with Gasteiger partial charge in [0.2, 0.25) is 5.78 Å². The first-order valence-electron chi connectivity index (χ1n) is 9.05. The largest absolute Gasteiger partial charge is 0.497 e. The molecule has 0 N–H and O–H groups in total. The van der Waals surface area contributed by atoms with Gasteiger partial charge in [-0.3, -0.25) is 4.79 Å². The Bertz CT molecular complexity index is 1230. The van der Waals surface area contributed by atoms with Crippen LogP contribution in [0.1, 0.15) is 20.0 Å². The van der Waals surface area contributed by atoms with Crippen LogP contribution in [-0.2, 0) is 4.74 Å². The van der Waals surface area contributed by atoms with Gasteiger partial charge in [-0.1, -0.05) is 29.8 Å². The molecule has 7 heteroatoms. The number of hydrogen-bond acceptors (Lipinski definition) is 6. The third-order valence-electron chi connectivity index (χ3n) is 4.50. The van der Waals surface area contributed by atoms with Gasteiger partial charge in [-0.25, -0.2) is 9.78 Å². The van der Waals surface area contributed by atoms with Gasteiger partial charge in [0.1, 0.15) is 5.75 Å². The topological polar surface area (TPSA) is 65.5 Å². The molecule has 2 aromatic heterocycles. The highest BCUT2D eigenvalue weighted by atomic mass is 35.5. The van der Waals surface area contributed by atoms with Crippen molar-refractivity contribution in [3.05, 3.63) is 81.5 Å². The van der Waals surface area contributed by atoms with Gasteiger partial charge >= 0.3 is 5.97 Å². The second-order valence-corrected chi connectivity index (χ2v) is 8.12. The predicted molar refractivity (Wildman–Crippen MR) is 118 cm³/mol. The molecule has 0 amide bonds. The van der Waals surface area contributed by atoms with Gasteiger partial charge in [0.15, 0.2) is 6.61 Å². The van der Waals surface area contributed by atoms with Gasteiger partial charge in [-0.2, -0.15) is 0 Å². The normalized spacial score (nSPS) is 10.7. The van der Waals surface area contributed by atoms with Gasteiger partial charge < -0.3 is 9.47 Å². The lowest BCUT2D eigenvalue weighted by molar-refractivity contribution is 0.0478. The summed E-state index contributed by atoms with van der Waals surface area (Å²) in [6, 6.07) is 19.6. The maximum absolute atomic E-state index is 12.8. The Balaban J connectivity index is 1.64. The molecular formula is C23H16ClNO4S. The van der Waals surface area contributed by atoms with Crippen LogP contribution in [-0.4, -0.2) is 30.5 Å². The van der Waals surface area contributed by atoms with E-state index < -0.39 is 5.97 Å². The number of methoxy groups -OCH3 is 1. The zero-order chi connectivity index (χ0) is 21.1. The fourth-order valence-corrected chi connectivity index (χ4v) is 3.97. The Morgan fingerprint density at radius 1 is 1.03 bits per heavy atom. The van der Waals surface area contributed by atoms with Gasteiger partial charge in [-0.15, -0.1) is 11.3 Å². The first-order valence-corrected chi connectivity index (χ1v) is 10.2. The van der Waals surface area contributed by atoms with Crippen LogP contribution in [0.3, 0.4) is 0 Å². The number of ether oxygens (including phenoxy) is 2. The Kier molecular flexibility index (Phi) is 5.79. The number of carbonyl (C=O) groups excluding carboxylic acids is 2. The maximum Gasteiger partial charge on any atom is 0.339 e. The van der Waals surface area contributed by atoms with Crippen LogP contribution in [0.2, 0.25) is 4.34 Å². The maximum atomic E-state index is 12.8. The van der Waals surface area contributed by atoms with E-state index in [4.69, 9.17) is 21.1 Å². The molecule has 0 bridgehead atoms. The summed E-state index contributed by atoms with van der Waals surface area (Å²) < 4.78 is 11.0. The van der Waals surface area contributed by atoms with Crippen LogP contribution in [0.5, 0.6) is 5.75 Å². The molecule has 30 heavy (non-hydrogen) atoms. The Hall–Kier alpha value is -3.22. The van der Waals surface area contributed by atoms with Crippen molar-refractivity contribution < 1.29 is 19.1 Å². The van der Waals surface area contributed by atoms with Crippen LogP contribution in [0.15, 0.2) is 66.7 Å². The molecule has 150 valence electrons. The van der Waals surface area contributed by atoms with Crippen molar-refractivity contribution in [3.8, 4) is 17.0 Å². The van der Waals surface area contributed by atoms with Gasteiger partial charge in [0, 0.05) is 10.9 Å². The zero-order valence-electron chi connectivity index (χ0n) is 15.9.